The Balaban J connectivity index is 1.80. The predicted molar refractivity (Wildman–Crippen MR) is 109 cm³/mol. The molecule has 0 saturated carbocycles. The Morgan fingerprint density at radius 1 is 1.07 bits per heavy atom. The molecule has 138 valence electrons. The number of hydrogen-bond donors (Lipinski definition) is 2. The van der Waals surface area contributed by atoms with Gasteiger partial charge in [0.05, 0.1) is 35.3 Å². The molecule has 5 nitrogen and oxygen atoms in total. The van der Waals surface area contributed by atoms with E-state index in [2.05, 4.69) is 15.6 Å². The van der Waals surface area contributed by atoms with E-state index in [-0.39, 0.29) is 5.91 Å². The number of aryl methyl sites for hydroxylation is 2. The van der Waals surface area contributed by atoms with E-state index in [1.807, 2.05) is 50.2 Å². The maximum absolute atomic E-state index is 12.7. The van der Waals surface area contributed by atoms with E-state index in [0.29, 0.717) is 22.0 Å². The van der Waals surface area contributed by atoms with Gasteiger partial charge in [0, 0.05) is 18.0 Å². The first-order chi connectivity index (χ1) is 13.0. The molecule has 0 radical (unpaired) electrons. The van der Waals surface area contributed by atoms with Crippen molar-refractivity contribution >= 4 is 34.6 Å². The Labute approximate surface area is 163 Å². The van der Waals surface area contributed by atoms with Crippen molar-refractivity contribution in [3.63, 3.8) is 0 Å². The number of halogens is 1. The van der Waals surface area contributed by atoms with E-state index >= 15 is 0 Å². The van der Waals surface area contributed by atoms with Gasteiger partial charge in [0.2, 0.25) is 0 Å². The van der Waals surface area contributed by atoms with Crippen LogP contribution < -0.4 is 15.4 Å². The molecule has 0 saturated heterocycles. The van der Waals surface area contributed by atoms with E-state index in [9.17, 15) is 4.79 Å². The number of pyridine rings is 1. The zero-order valence-corrected chi connectivity index (χ0v) is 16.1. The number of carbonyl (C=O) groups is 1. The number of carbonyl (C=O) groups excluding carboxylic acids is 1. The Morgan fingerprint density at radius 3 is 2.63 bits per heavy atom. The van der Waals surface area contributed by atoms with Crippen molar-refractivity contribution in [1.29, 1.82) is 0 Å². The molecule has 3 aromatic rings. The molecule has 6 heteroatoms. The number of ether oxygens (including phenoxy) is 1. The Hall–Kier alpha value is -3.05. The molecule has 2 N–H and O–H groups in total. The van der Waals surface area contributed by atoms with Crippen LogP contribution in [0.2, 0.25) is 5.02 Å². The van der Waals surface area contributed by atoms with Crippen molar-refractivity contribution < 1.29 is 9.53 Å². The third-order valence-electron chi connectivity index (χ3n) is 4.03. The average Bonchev–Trinajstić information content (AvgIpc) is 2.65. The van der Waals surface area contributed by atoms with Gasteiger partial charge in [-0.05, 0) is 49.2 Å². The highest BCUT2D eigenvalue weighted by Gasteiger charge is 2.12. The molecule has 0 unspecified atom stereocenters. The number of benzene rings is 2. The van der Waals surface area contributed by atoms with Gasteiger partial charge in [0.1, 0.15) is 5.75 Å². The molecule has 3 rings (SSSR count). The van der Waals surface area contributed by atoms with Gasteiger partial charge in [-0.25, -0.2) is 0 Å². The largest absolute Gasteiger partial charge is 0.497 e. The normalized spacial score (nSPS) is 10.4. The molecular formula is C21H20ClN3O2. The second-order valence-electron chi connectivity index (χ2n) is 6.21. The summed E-state index contributed by atoms with van der Waals surface area (Å²) < 4.78 is 5.22. The topological polar surface area (TPSA) is 63.2 Å². The lowest BCUT2D eigenvalue weighted by atomic mass is 10.1. The Morgan fingerprint density at radius 2 is 1.89 bits per heavy atom. The minimum Gasteiger partial charge on any atom is -0.497 e. The van der Waals surface area contributed by atoms with Crippen LogP contribution in [-0.4, -0.2) is 18.0 Å². The summed E-state index contributed by atoms with van der Waals surface area (Å²) in [6.45, 7) is 3.87. The molecule has 0 atom stereocenters. The number of hydrogen-bond acceptors (Lipinski definition) is 4. The highest BCUT2D eigenvalue weighted by molar-refractivity contribution is 6.34. The monoisotopic (exact) mass is 381 g/mol. The number of aromatic nitrogens is 1. The van der Waals surface area contributed by atoms with Crippen LogP contribution in [0.4, 0.5) is 17.1 Å². The van der Waals surface area contributed by atoms with E-state index in [4.69, 9.17) is 16.3 Å². The molecule has 0 aliphatic rings. The fraction of sp³-hybridized carbons (Fsp3) is 0.143. The summed E-state index contributed by atoms with van der Waals surface area (Å²) in [4.78, 5) is 16.8. The third-order valence-corrected chi connectivity index (χ3v) is 4.33. The van der Waals surface area contributed by atoms with Crippen LogP contribution in [0.1, 0.15) is 21.5 Å². The van der Waals surface area contributed by atoms with Crippen molar-refractivity contribution in [2.24, 2.45) is 0 Å². The molecule has 0 aliphatic carbocycles. The van der Waals surface area contributed by atoms with Crippen LogP contribution in [0.25, 0.3) is 0 Å². The zero-order valence-electron chi connectivity index (χ0n) is 15.3. The first-order valence-electron chi connectivity index (χ1n) is 8.40. The van der Waals surface area contributed by atoms with E-state index in [1.54, 1.807) is 19.4 Å². The molecule has 0 bridgehead atoms. The SMILES string of the molecule is COc1cccc(Nc2cncc(C(=O)Nc3c(C)cc(C)cc3Cl)c2)c1. The summed E-state index contributed by atoms with van der Waals surface area (Å²) in [6.07, 6.45) is 3.17. The van der Waals surface area contributed by atoms with Gasteiger partial charge in [0.25, 0.3) is 5.91 Å². The predicted octanol–water partition coefficient (Wildman–Crippen LogP) is 5.36. The molecule has 1 aromatic heterocycles. The van der Waals surface area contributed by atoms with Crippen LogP contribution in [0.15, 0.2) is 54.9 Å². The minimum atomic E-state index is -0.273. The smallest absolute Gasteiger partial charge is 0.257 e. The van der Waals surface area contributed by atoms with E-state index in [0.717, 1.165) is 22.6 Å². The fourth-order valence-corrected chi connectivity index (χ4v) is 3.13. The van der Waals surface area contributed by atoms with Crippen LogP contribution >= 0.6 is 11.6 Å². The second kappa shape index (κ2) is 8.10. The summed E-state index contributed by atoms with van der Waals surface area (Å²) in [7, 11) is 1.61. The Bertz CT molecular complexity index is 966. The fourth-order valence-electron chi connectivity index (χ4n) is 2.76. The highest BCUT2D eigenvalue weighted by Crippen LogP contribution is 2.28. The highest BCUT2D eigenvalue weighted by atomic mass is 35.5. The lowest BCUT2D eigenvalue weighted by molar-refractivity contribution is 0.102. The maximum Gasteiger partial charge on any atom is 0.257 e. The zero-order chi connectivity index (χ0) is 19.4. The van der Waals surface area contributed by atoms with Gasteiger partial charge in [-0.1, -0.05) is 23.7 Å². The first-order valence-corrected chi connectivity index (χ1v) is 8.78. The van der Waals surface area contributed by atoms with Crippen molar-refractivity contribution in [1.82, 2.24) is 4.98 Å². The standard InChI is InChI=1S/C21H20ClN3O2/c1-13-7-14(2)20(19(22)8-13)25-21(26)15-9-17(12-23-11-15)24-16-5-4-6-18(10-16)27-3/h4-12,24H,1-3H3,(H,25,26). The lowest BCUT2D eigenvalue weighted by Crippen LogP contribution is -2.14. The summed E-state index contributed by atoms with van der Waals surface area (Å²) in [5, 5.41) is 6.61. The third kappa shape index (κ3) is 4.57. The first kappa shape index (κ1) is 18.7. The number of nitrogens with one attached hydrogen (secondary N) is 2. The summed E-state index contributed by atoms with van der Waals surface area (Å²) in [5.41, 5.74) is 4.53. The molecule has 0 aliphatic heterocycles. The van der Waals surface area contributed by atoms with Gasteiger partial charge < -0.3 is 15.4 Å². The Kier molecular flexibility index (Phi) is 5.62. The van der Waals surface area contributed by atoms with Crippen LogP contribution in [0.3, 0.4) is 0 Å². The molecule has 1 amide bonds. The quantitative estimate of drug-likeness (QED) is 0.624. The number of methoxy groups -OCH3 is 1. The summed E-state index contributed by atoms with van der Waals surface area (Å²) in [5.74, 6) is 0.469. The number of amides is 1. The molecular weight excluding hydrogens is 362 g/mol. The number of rotatable bonds is 5. The van der Waals surface area contributed by atoms with Gasteiger partial charge in [-0.2, -0.15) is 0 Å². The van der Waals surface area contributed by atoms with Crippen molar-refractivity contribution in [2.45, 2.75) is 13.8 Å². The molecule has 0 spiro atoms. The van der Waals surface area contributed by atoms with E-state index in [1.165, 1.54) is 6.20 Å². The van der Waals surface area contributed by atoms with Crippen molar-refractivity contribution in [3.8, 4) is 5.75 Å². The molecule has 27 heavy (non-hydrogen) atoms. The van der Waals surface area contributed by atoms with Crippen LogP contribution in [0, 0.1) is 13.8 Å². The lowest BCUT2D eigenvalue weighted by Gasteiger charge is -2.12. The van der Waals surface area contributed by atoms with Crippen LogP contribution in [0.5, 0.6) is 5.75 Å². The summed E-state index contributed by atoms with van der Waals surface area (Å²) >= 11 is 6.28. The second-order valence-corrected chi connectivity index (χ2v) is 6.62. The van der Waals surface area contributed by atoms with Gasteiger partial charge in [0.15, 0.2) is 0 Å². The van der Waals surface area contributed by atoms with Crippen molar-refractivity contribution in [2.75, 3.05) is 17.7 Å². The molecule has 1 heterocycles. The van der Waals surface area contributed by atoms with Crippen LogP contribution in [-0.2, 0) is 0 Å². The molecule has 0 fully saturated rings. The minimum absolute atomic E-state index is 0.273. The van der Waals surface area contributed by atoms with Crippen molar-refractivity contribution in [3.05, 3.63) is 76.6 Å². The maximum atomic E-state index is 12.7. The number of nitrogens with zero attached hydrogens (tertiary/aromatic N) is 1. The van der Waals surface area contributed by atoms with Gasteiger partial charge in [-0.15, -0.1) is 0 Å². The van der Waals surface area contributed by atoms with Gasteiger partial charge >= 0.3 is 0 Å². The number of anilines is 3. The average molecular weight is 382 g/mol. The van der Waals surface area contributed by atoms with Gasteiger partial charge in [-0.3, -0.25) is 9.78 Å². The molecule has 2 aromatic carbocycles. The summed E-state index contributed by atoms with van der Waals surface area (Å²) in [6, 6.07) is 13.0. The van der Waals surface area contributed by atoms with E-state index < -0.39 is 0 Å².